The molecule has 2 aromatic rings. The Morgan fingerprint density at radius 3 is 2.48 bits per heavy atom. The van der Waals surface area contributed by atoms with E-state index in [1.54, 1.807) is 24.5 Å². The Bertz CT molecular complexity index is 1550. The van der Waals surface area contributed by atoms with Gasteiger partial charge in [0.05, 0.1) is 23.2 Å². The molecule has 2 amide bonds. The number of amides is 2. The van der Waals surface area contributed by atoms with Crippen molar-refractivity contribution in [3.05, 3.63) is 35.4 Å². The van der Waals surface area contributed by atoms with Crippen molar-refractivity contribution < 1.29 is 39.0 Å². The fourth-order valence-electron chi connectivity index (χ4n) is 7.01. The molecule has 0 spiro atoms. The van der Waals surface area contributed by atoms with Gasteiger partial charge in [0.1, 0.15) is 23.9 Å². The number of carbonyl (C=O) groups excluding carboxylic acids is 6. The first-order valence-electron chi connectivity index (χ1n) is 13.6. The fraction of sp³-hybridized carbons (Fsp3) is 0.500. The van der Waals surface area contributed by atoms with Crippen molar-refractivity contribution in [3.63, 3.8) is 0 Å². The second-order valence-corrected chi connectivity index (χ2v) is 11.5. The number of aromatic nitrogens is 3. The Morgan fingerprint density at radius 1 is 1.21 bits per heavy atom. The quantitative estimate of drug-likeness (QED) is 0.249. The third-order valence-electron chi connectivity index (χ3n) is 8.97. The molecule has 1 aromatic carbocycles. The first-order chi connectivity index (χ1) is 19.7. The summed E-state index contributed by atoms with van der Waals surface area (Å²) in [6.45, 7) is 3.48. The number of benzene rings is 1. The monoisotopic (exact) mass is 580 g/mol. The number of aromatic hydroxyl groups is 1. The van der Waals surface area contributed by atoms with Gasteiger partial charge in [-0.25, -0.2) is 0 Å². The van der Waals surface area contributed by atoms with Gasteiger partial charge in [0.25, 0.3) is 0 Å². The van der Waals surface area contributed by atoms with Gasteiger partial charge in [-0.3, -0.25) is 33.7 Å². The summed E-state index contributed by atoms with van der Waals surface area (Å²) >= 11 is 0. The maximum atomic E-state index is 13.9. The Morgan fingerprint density at radius 2 is 1.90 bits per heavy atom. The average Bonchev–Trinajstić information content (AvgIpc) is 3.33. The second-order valence-electron chi connectivity index (χ2n) is 11.5. The zero-order valence-electron chi connectivity index (χ0n) is 23.5. The van der Waals surface area contributed by atoms with Crippen molar-refractivity contribution in [2.24, 2.45) is 29.4 Å². The largest absolute Gasteiger partial charge is 0.505 e. The SMILES string of the molecule is CCC(C(=O)Nc1ccc2c(c1O)C(=O)C1C(=O)[C@]3(O)C(=O)C(C(N)=O)C(=O)[C@@H](N(C)C)C3CC1C2)n1cnnc1C. The zero-order valence-corrected chi connectivity index (χ0v) is 23.5. The highest BCUT2D eigenvalue weighted by Crippen LogP contribution is 2.51. The number of nitrogens with zero attached hydrogens (tertiary/aromatic N) is 4. The lowest BCUT2D eigenvalue weighted by molar-refractivity contribution is -0.181. The molecule has 5 unspecified atom stereocenters. The Labute approximate surface area is 240 Å². The number of aliphatic hydroxyl groups is 1. The van der Waals surface area contributed by atoms with E-state index in [0.29, 0.717) is 17.8 Å². The van der Waals surface area contributed by atoms with Crippen LogP contribution in [-0.4, -0.2) is 90.6 Å². The lowest BCUT2D eigenvalue weighted by Gasteiger charge is -2.52. The summed E-state index contributed by atoms with van der Waals surface area (Å²) < 4.78 is 1.57. The van der Waals surface area contributed by atoms with Crippen LogP contribution in [0.4, 0.5) is 5.69 Å². The van der Waals surface area contributed by atoms with Crippen LogP contribution in [-0.2, 0) is 30.4 Å². The summed E-state index contributed by atoms with van der Waals surface area (Å²) in [6, 6.07) is 1.15. The molecule has 14 nitrogen and oxygen atoms in total. The van der Waals surface area contributed by atoms with E-state index in [9.17, 15) is 39.0 Å². The van der Waals surface area contributed by atoms with Crippen LogP contribution >= 0.6 is 0 Å². The molecule has 0 radical (unpaired) electrons. The lowest BCUT2D eigenvalue weighted by atomic mass is 9.52. The first kappa shape index (κ1) is 29.2. The van der Waals surface area contributed by atoms with Crippen LogP contribution in [0.2, 0.25) is 0 Å². The van der Waals surface area contributed by atoms with E-state index in [0.717, 1.165) is 0 Å². The number of hydrogen-bond acceptors (Lipinski definition) is 11. The summed E-state index contributed by atoms with van der Waals surface area (Å²) in [4.78, 5) is 81.0. The smallest absolute Gasteiger partial charge is 0.247 e. The minimum Gasteiger partial charge on any atom is -0.505 e. The molecule has 0 aliphatic heterocycles. The van der Waals surface area contributed by atoms with Gasteiger partial charge < -0.3 is 25.8 Å². The molecule has 42 heavy (non-hydrogen) atoms. The summed E-state index contributed by atoms with van der Waals surface area (Å²) in [6.07, 6.45) is 1.88. The van der Waals surface area contributed by atoms with E-state index in [1.807, 2.05) is 0 Å². The van der Waals surface area contributed by atoms with Gasteiger partial charge in [-0.2, -0.15) is 0 Å². The van der Waals surface area contributed by atoms with Crippen LogP contribution in [0, 0.1) is 30.6 Å². The summed E-state index contributed by atoms with van der Waals surface area (Å²) in [5.74, 6) is -11.3. The summed E-state index contributed by atoms with van der Waals surface area (Å²) in [7, 11) is 3.05. The number of Topliss-reactive ketones (excluding diaryl/α,β-unsaturated/α-hetero) is 4. The predicted molar refractivity (Wildman–Crippen MR) is 144 cm³/mol. The van der Waals surface area contributed by atoms with Crippen LogP contribution in [0.5, 0.6) is 5.75 Å². The van der Waals surface area contributed by atoms with Gasteiger partial charge >= 0.3 is 0 Å². The number of ketones is 4. The van der Waals surface area contributed by atoms with Gasteiger partial charge in [-0.15, -0.1) is 10.2 Å². The average molecular weight is 581 g/mol. The maximum absolute atomic E-state index is 13.9. The summed E-state index contributed by atoms with van der Waals surface area (Å²) in [5.41, 5.74) is 2.70. The summed E-state index contributed by atoms with van der Waals surface area (Å²) in [5, 5.41) is 33.1. The second kappa shape index (κ2) is 10.2. The van der Waals surface area contributed by atoms with E-state index in [-0.39, 0.29) is 24.1 Å². The molecule has 3 aliphatic rings. The topological polar surface area (TPSA) is 215 Å². The number of phenolic OH excluding ortho intramolecular Hbond substituents is 1. The maximum Gasteiger partial charge on any atom is 0.247 e. The molecule has 1 aromatic heterocycles. The number of anilines is 1. The molecule has 2 saturated carbocycles. The van der Waals surface area contributed by atoms with Crippen molar-refractivity contribution in [1.82, 2.24) is 19.7 Å². The molecule has 3 aliphatic carbocycles. The number of phenols is 1. The van der Waals surface area contributed by atoms with Crippen molar-refractivity contribution in [2.45, 2.75) is 50.8 Å². The number of carbonyl (C=O) groups is 6. The van der Waals surface area contributed by atoms with Gasteiger partial charge in [-0.05, 0) is 57.8 Å². The molecule has 5 N–H and O–H groups in total. The number of hydrogen-bond donors (Lipinski definition) is 4. The van der Waals surface area contributed by atoms with E-state index >= 15 is 0 Å². The highest BCUT2D eigenvalue weighted by molar-refractivity contribution is 6.32. The number of fused-ring (bicyclic) bond motifs is 3. The van der Waals surface area contributed by atoms with E-state index in [1.165, 1.54) is 31.4 Å². The Hall–Kier alpha value is -4.30. The number of nitrogens with one attached hydrogen (secondary N) is 1. The zero-order chi connectivity index (χ0) is 30.8. The number of nitrogens with two attached hydrogens (primary N) is 1. The molecule has 0 bridgehead atoms. The predicted octanol–water partition coefficient (Wildman–Crippen LogP) is -0.643. The van der Waals surface area contributed by atoms with Crippen LogP contribution in [0.3, 0.4) is 0 Å². The molecule has 2 fully saturated rings. The van der Waals surface area contributed by atoms with Crippen molar-refractivity contribution in [3.8, 4) is 5.75 Å². The van der Waals surface area contributed by atoms with E-state index in [4.69, 9.17) is 5.73 Å². The van der Waals surface area contributed by atoms with Gasteiger partial charge in [-0.1, -0.05) is 13.0 Å². The highest BCUT2D eigenvalue weighted by Gasteiger charge is 2.69. The molecule has 5 rings (SSSR count). The highest BCUT2D eigenvalue weighted by atomic mass is 16.3. The van der Waals surface area contributed by atoms with E-state index in [2.05, 4.69) is 15.5 Å². The first-order valence-corrected chi connectivity index (χ1v) is 13.6. The molecular weight excluding hydrogens is 548 g/mol. The van der Waals surface area contributed by atoms with Crippen LogP contribution in [0.15, 0.2) is 18.5 Å². The number of rotatable bonds is 6. The molecule has 7 atom stereocenters. The standard InChI is InChI=1S/C28H32N6O8/c1-5-16(34-10-30-32-11(34)2)27(41)31-15-7-6-12-8-13-9-14-20(33(3)4)23(37)19(26(29)40)25(39)28(14,42)24(38)18(13)22(36)17(12)21(15)35/h6-7,10,13-14,16,18-20,35,42H,5,8-9H2,1-4H3,(H2,29,40)(H,31,41)/t13?,14?,16?,18?,19?,20-,28-/m0/s1. The van der Waals surface area contributed by atoms with Crippen molar-refractivity contribution >= 4 is 40.6 Å². The molecular formula is C28H32N6O8. The molecule has 222 valence electrons. The van der Waals surface area contributed by atoms with Crippen LogP contribution < -0.4 is 11.1 Å². The van der Waals surface area contributed by atoms with Gasteiger partial charge in [0, 0.05) is 5.92 Å². The normalized spacial score (nSPS) is 29.5. The minimum absolute atomic E-state index is 0.0420. The third kappa shape index (κ3) is 4.08. The molecule has 14 heteroatoms. The van der Waals surface area contributed by atoms with Crippen LogP contribution in [0.25, 0.3) is 0 Å². The number of aryl methyl sites for hydroxylation is 1. The Balaban J connectivity index is 1.51. The third-order valence-corrected chi connectivity index (χ3v) is 8.97. The Kier molecular flexibility index (Phi) is 7.10. The van der Waals surface area contributed by atoms with Crippen molar-refractivity contribution in [1.29, 1.82) is 0 Å². The number of primary amides is 1. The van der Waals surface area contributed by atoms with Crippen LogP contribution in [0.1, 0.15) is 47.6 Å². The molecule has 1 heterocycles. The lowest BCUT2D eigenvalue weighted by Crippen LogP contribution is -2.74. The fourth-order valence-corrected chi connectivity index (χ4v) is 7.01. The molecule has 0 saturated heterocycles. The van der Waals surface area contributed by atoms with Gasteiger partial charge in [0.15, 0.2) is 34.7 Å². The van der Waals surface area contributed by atoms with Gasteiger partial charge in [0.2, 0.25) is 11.8 Å². The van der Waals surface area contributed by atoms with Crippen molar-refractivity contribution in [2.75, 3.05) is 19.4 Å². The number of likely N-dealkylation sites (N-methyl/N-ethyl adjacent to an activating group) is 1. The minimum atomic E-state index is -2.80. The van der Waals surface area contributed by atoms with E-state index < -0.39 is 82.1 Å².